The summed E-state index contributed by atoms with van der Waals surface area (Å²) in [5.41, 5.74) is 1.04. The van der Waals surface area contributed by atoms with Crippen molar-refractivity contribution < 1.29 is 9.53 Å². The van der Waals surface area contributed by atoms with Crippen LogP contribution in [-0.4, -0.2) is 61.3 Å². The summed E-state index contributed by atoms with van der Waals surface area (Å²) in [6.07, 6.45) is 0.775. The van der Waals surface area contributed by atoms with Gasteiger partial charge in [0.1, 0.15) is 0 Å². The van der Waals surface area contributed by atoms with E-state index in [0.717, 1.165) is 43.4 Å². The summed E-state index contributed by atoms with van der Waals surface area (Å²) in [5.74, 6) is 0. The van der Waals surface area contributed by atoms with Gasteiger partial charge in [-0.1, -0.05) is 0 Å². The fourth-order valence-corrected chi connectivity index (χ4v) is 2.92. The van der Waals surface area contributed by atoms with Crippen molar-refractivity contribution in [2.24, 2.45) is 0 Å². The van der Waals surface area contributed by atoms with Crippen molar-refractivity contribution in [1.29, 1.82) is 0 Å². The molecule has 6 nitrogen and oxygen atoms in total. The third-order valence-electron chi connectivity index (χ3n) is 3.56. The number of nitrogens with zero attached hydrogens (tertiary/aromatic N) is 2. The number of thiazole rings is 1. The van der Waals surface area contributed by atoms with Crippen molar-refractivity contribution >= 4 is 17.4 Å². The second kappa shape index (κ2) is 8.31. The minimum absolute atomic E-state index is 0.109. The summed E-state index contributed by atoms with van der Waals surface area (Å²) >= 11 is 1.64. The van der Waals surface area contributed by atoms with Crippen LogP contribution in [0.4, 0.5) is 4.79 Å². The van der Waals surface area contributed by atoms with Crippen molar-refractivity contribution in [1.82, 2.24) is 20.5 Å². The molecule has 1 aromatic rings. The van der Waals surface area contributed by atoms with E-state index in [9.17, 15) is 4.79 Å². The zero-order valence-electron chi connectivity index (χ0n) is 12.7. The maximum Gasteiger partial charge on any atom is 0.314 e. The first-order valence-corrected chi connectivity index (χ1v) is 8.27. The number of aromatic nitrogens is 1. The average Bonchev–Trinajstić information content (AvgIpc) is 2.91. The molecule has 2 heterocycles. The van der Waals surface area contributed by atoms with Gasteiger partial charge < -0.3 is 15.4 Å². The minimum Gasteiger partial charge on any atom is -0.379 e. The van der Waals surface area contributed by atoms with E-state index in [1.165, 1.54) is 0 Å². The summed E-state index contributed by atoms with van der Waals surface area (Å²) in [7, 11) is 0. The van der Waals surface area contributed by atoms with Crippen molar-refractivity contribution in [3.05, 3.63) is 16.1 Å². The molecule has 1 fully saturated rings. The summed E-state index contributed by atoms with van der Waals surface area (Å²) in [6, 6.07) is 0.225. The smallest absolute Gasteiger partial charge is 0.314 e. The molecule has 2 N–H and O–H groups in total. The number of urea groups is 1. The van der Waals surface area contributed by atoms with Crippen LogP contribution >= 0.6 is 11.3 Å². The van der Waals surface area contributed by atoms with Crippen molar-refractivity contribution in [2.75, 3.05) is 39.4 Å². The zero-order chi connectivity index (χ0) is 15.1. The molecule has 0 radical (unpaired) electrons. The summed E-state index contributed by atoms with van der Waals surface area (Å²) < 4.78 is 5.33. The Bertz CT molecular complexity index is 446. The molecule has 1 aliphatic rings. The highest BCUT2D eigenvalue weighted by Crippen LogP contribution is 2.07. The lowest BCUT2D eigenvalue weighted by Gasteiger charge is -2.32. The molecule has 0 spiro atoms. The molecule has 118 valence electrons. The van der Waals surface area contributed by atoms with Crippen LogP contribution in [0.3, 0.4) is 0 Å². The van der Waals surface area contributed by atoms with Crippen molar-refractivity contribution in [3.63, 3.8) is 0 Å². The SMILES string of the molecule is Cc1nc(CCNC(=O)NC[C@H](C)N2CCOCC2)cs1. The van der Waals surface area contributed by atoms with Crippen LogP contribution in [0.2, 0.25) is 0 Å². The number of aryl methyl sites for hydroxylation is 1. The van der Waals surface area contributed by atoms with E-state index in [1.807, 2.05) is 12.3 Å². The summed E-state index contributed by atoms with van der Waals surface area (Å²) in [4.78, 5) is 18.4. The Balaban J connectivity index is 1.58. The second-order valence-electron chi connectivity index (χ2n) is 5.24. The molecule has 21 heavy (non-hydrogen) atoms. The molecule has 2 rings (SSSR count). The van der Waals surface area contributed by atoms with Crippen LogP contribution in [0.5, 0.6) is 0 Å². The molecular formula is C14H24N4O2S. The van der Waals surface area contributed by atoms with Gasteiger partial charge in [0.2, 0.25) is 0 Å². The van der Waals surface area contributed by atoms with Gasteiger partial charge in [-0.05, 0) is 13.8 Å². The lowest BCUT2D eigenvalue weighted by molar-refractivity contribution is 0.0209. The fraction of sp³-hybridized carbons (Fsp3) is 0.714. The number of hydrogen-bond acceptors (Lipinski definition) is 5. The molecule has 0 bridgehead atoms. The molecular weight excluding hydrogens is 288 g/mol. The van der Waals surface area contributed by atoms with Crippen LogP contribution in [-0.2, 0) is 11.2 Å². The first-order valence-electron chi connectivity index (χ1n) is 7.39. The normalized spacial score (nSPS) is 17.4. The van der Waals surface area contributed by atoms with Gasteiger partial charge in [-0.2, -0.15) is 0 Å². The third-order valence-corrected chi connectivity index (χ3v) is 4.38. The quantitative estimate of drug-likeness (QED) is 0.823. The predicted molar refractivity (Wildman–Crippen MR) is 83.8 cm³/mol. The molecule has 7 heteroatoms. The van der Waals surface area contributed by atoms with Crippen LogP contribution in [0, 0.1) is 6.92 Å². The highest BCUT2D eigenvalue weighted by molar-refractivity contribution is 7.09. The van der Waals surface area contributed by atoms with Gasteiger partial charge in [0.05, 0.1) is 23.9 Å². The number of rotatable bonds is 6. The third kappa shape index (κ3) is 5.61. The van der Waals surface area contributed by atoms with Gasteiger partial charge >= 0.3 is 6.03 Å². The van der Waals surface area contributed by atoms with Crippen LogP contribution in [0.25, 0.3) is 0 Å². The minimum atomic E-state index is -0.109. The maximum atomic E-state index is 11.7. The zero-order valence-corrected chi connectivity index (χ0v) is 13.5. The highest BCUT2D eigenvalue weighted by atomic mass is 32.1. The van der Waals surface area contributed by atoms with Crippen LogP contribution in [0.1, 0.15) is 17.6 Å². The largest absolute Gasteiger partial charge is 0.379 e. The van der Waals surface area contributed by atoms with Gasteiger partial charge in [0, 0.05) is 44.0 Å². The summed E-state index contributed by atoms with van der Waals surface area (Å²) in [5, 5.41) is 8.89. The highest BCUT2D eigenvalue weighted by Gasteiger charge is 2.17. The van der Waals surface area contributed by atoms with E-state index < -0.39 is 0 Å². The van der Waals surface area contributed by atoms with Gasteiger partial charge in [-0.15, -0.1) is 11.3 Å². The Morgan fingerprint density at radius 1 is 1.48 bits per heavy atom. The number of nitrogens with one attached hydrogen (secondary N) is 2. The molecule has 1 atom stereocenters. The Hall–Kier alpha value is -1.18. The fourth-order valence-electron chi connectivity index (χ4n) is 2.28. The topological polar surface area (TPSA) is 66.5 Å². The molecule has 0 unspecified atom stereocenters. The number of carbonyl (C=O) groups excluding carboxylic acids is 1. The monoisotopic (exact) mass is 312 g/mol. The van der Waals surface area contributed by atoms with E-state index in [1.54, 1.807) is 11.3 Å². The van der Waals surface area contributed by atoms with E-state index in [4.69, 9.17) is 4.74 Å². The molecule has 0 aromatic carbocycles. The van der Waals surface area contributed by atoms with Gasteiger partial charge in [-0.3, -0.25) is 4.90 Å². The maximum absolute atomic E-state index is 11.7. The standard InChI is InChI=1S/C14H24N4O2S/c1-11(18-5-7-20-8-6-18)9-16-14(19)15-4-3-13-10-21-12(2)17-13/h10-11H,3-9H2,1-2H3,(H2,15,16,19)/t11-/m0/s1. The first kappa shape index (κ1) is 16.2. The molecule has 0 saturated carbocycles. The number of morpholine rings is 1. The van der Waals surface area contributed by atoms with E-state index in [2.05, 4.69) is 27.4 Å². The number of carbonyl (C=O) groups is 1. The van der Waals surface area contributed by atoms with E-state index >= 15 is 0 Å². The van der Waals surface area contributed by atoms with E-state index in [-0.39, 0.29) is 6.03 Å². The summed E-state index contributed by atoms with van der Waals surface area (Å²) in [6.45, 7) is 8.82. The van der Waals surface area contributed by atoms with Crippen molar-refractivity contribution in [3.8, 4) is 0 Å². The van der Waals surface area contributed by atoms with E-state index in [0.29, 0.717) is 19.1 Å². The van der Waals surface area contributed by atoms with Crippen LogP contribution in [0.15, 0.2) is 5.38 Å². The molecule has 1 saturated heterocycles. The predicted octanol–water partition coefficient (Wildman–Crippen LogP) is 1.01. The Morgan fingerprint density at radius 2 is 2.24 bits per heavy atom. The first-order chi connectivity index (χ1) is 10.1. The Kier molecular flexibility index (Phi) is 6.41. The Morgan fingerprint density at radius 3 is 2.90 bits per heavy atom. The lowest BCUT2D eigenvalue weighted by atomic mass is 10.2. The van der Waals surface area contributed by atoms with Crippen LogP contribution < -0.4 is 10.6 Å². The Labute approximate surface area is 129 Å². The number of ether oxygens (including phenoxy) is 1. The number of hydrogen-bond donors (Lipinski definition) is 2. The van der Waals surface area contributed by atoms with Gasteiger partial charge in [0.25, 0.3) is 0 Å². The second-order valence-corrected chi connectivity index (χ2v) is 6.30. The molecule has 1 aliphatic heterocycles. The van der Waals surface area contributed by atoms with Crippen molar-refractivity contribution in [2.45, 2.75) is 26.3 Å². The lowest BCUT2D eigenvalue weighted by Crippen LogP contribution is -2.49. The molecule has 0 aliphatic carbocycles. The number of amides is 2. The molecule has 1 aromatic heterocycles. The van der Waals surface area contributed by atoms with Gasteiger partial charge in [-0.25, -0.2) is 9.78 Å². The van der Waals surface area contributed by atoms with Gasteiger partial charge in [0.15, 0.2) is 0 Å². The average molecular weight is 312 g/mol. The molecule has 2 amide bonds.